The number of rotatable bonds is 6. The largest absolute Gasteiger partial charge is 0.306 e. The Kier molecular flexibility index (Phi) is 5.02. The first kappa shape index (κ1) is 11.0. The zero-order valence-corrected chi connectivity index (χ0v) is 8.87. The number of hydrogen-bond acceptors (Lipinski definition) is 1. The molecule has 0 aliphatic heterocycles. The van der Waals surface area contributed by atoms with Gasteiger partial charge in [0.1, 0.15) is 0 Å². The second-order valence-electron chi connectivity index (χ2n) is 3.45. The quantitative estimate of drug-likeness (QED) is 0.677. The molecule has 1 aromatic rings. The summed E-state index contributed by atoms with van der Waals surface area (Å²) in [6, 6.07) is 11.1. The van der Waals surface area contributed by atoms with E-state index < -0.39 is 0 Å². The van der Waals surface area contributed by atoms with Crippen molar-refractivity contribution in [3.05, 3.63) is 48.6 Å². The van der Waals surface area contributed by atoms with Gasteiger partial charge in [-0.2, -0.15) is 0 Å². The molecule has 1 unspecified atom stereocenters. The van der Waals surface area contributed by atoms with Crippen LogP contribution in [-0.4, -0.2) is 6.54 Å². The highest BCUT2D eigenvalue weighted by molar-refractivity contribution is 5.18. The van der Waals surface area contributed by atoms with Gasteiger partial charge in [-0.3, -0.25) is 0 Å². The summed E-state index contributed by atoms with van der Waals surface area (Å²) in [4.78, 5) is 0. The summed E-state index contributed by atoms with van der Waals surface area (Å²) >= 11 is 0. The molecular formula is C13H19N. The molecule has 76 valence electrons. The van der Waals surface area contributed by atoms with Gasteiger partial charge in [-0.1, -0.05) is 49.8 Å². The van der Waals surface area contributed by atoms with E-state index in [1.807, 2.05) is 6.08 Å². The van der Waals surface area contributed by atoms with E-state index in [1.54, 1.807) is 0 Å². The second-order valence-corrected chi connectivity index (χ2v) is 3.45. The Morgan fingerprint density at radius 1 is 1.36 bits per heavy atom. The minimum atomic E-state index is 0.471. The number of nitrogens with one attached hydrogen (secondary N) is 1. The van der Waals surface area contributed by atoms with Gasteiger partial charge in [0, 0.05) is 12.6 Å². The molecule has 0 aliphatic carbocycles. The summed E-state index contributed by atoms with van der Waals surface area (Å²) in [6.07, 6.45) is 4.28. The lowest BCUT2D eigenvalue weighted by Crippen LogP contribution is -2.21. The van der Waals surface area contributed by atoms with Crippen LogP contribution in [0.1, 0.15) is 31.4 Å². The summed E-state index contributed by atoms with van der Waals surface area (Å²) < 4.78 is 0. The smallest absolute Gasteiger partial charge is 0.0322 e. The van der Waals surface area contributed by atoms with Crippen molar-refractivity contribution in [3.63, 3.8) is 0 Å². The molecule has 1 rings (SSSR count). The number of hydrogen-bond donors (Lipinski definition) is 1. The molecule has 1 N–H and O–H groups in total. The summed E-state index contributed by atoms with van der Waals surface area (Å²) in [6.45, 7) is 6.81. The van der Waals surface area contributed by atoms with Crippen LogP contribution in [0.5, 0.6) is 0 Å². The molecule has 1 atom stereocenters. The van der Waals surface area contributed by atoms with Crippen LogP contribution in [0.2, 0.25) is 0 Å². The Morgan fingerprint density at radius 2 is 2.07 bits per heavy atom. The van der Waals surface area contributed by atoms with E-state index in [9.17, 15) is 0 Å². The third-order valence-electron chi connectivity index (χ3n) is 2.29. The summed E-state index contributed by atoms with van der Waals surface area (Å²) in [5.74, 6) is 0. The highest BCUT2D eigenvalue weighted by Crippen LogP contribution is 2.17. The summed E-state index contributed by atoms with van der Waals surface area (Å²) in [5, 5.41) is 3.47. The zero-order chi connectivity index (χ0) is 10.2. The van der Waals surface area contributed by atoms with Crippen LogP contribution in [0, 0.1) is 0 Å². The monoisotopic (exact) mass is 189 g/mol. The third-order valence-corrected chi connectivity index (χ3v) is 2.29. The molecule has 0 saturated heterocycles. The molecule has 0 aromatic heterocycles. The van der Waals surface area contributed by atoms with Crippen molar-refractivity contribution < 1.29 is 0 Å². The van der Waals surface area contributed by atoms with Gasteiger partial charge >= 0.3 is 0 Å². The van der Waals surface area contributed by atoms with Crippen LogP contribution in [-0.2, 0) is 0 Å². The first-order valence-electron chi connectivity index (χ1n) is 5.27. The van der Waals surface area contributed by atoms with Crippen molar-refractivity contribution >= 4 is 0 Å². The standard InChI is InChI=1S/C13H19N/c1-3-8-13(14-11-4-2)12-9-6-5-7-10-12/h4-7,9-10,13-14H,2-3,8,11H2,1H3. The first-order valence-corrected chi connectivity index (χ1v) is 5.27. The van der Waals surface area contributed by atoms with Gasteiger partial charge in [-0.25, -0.2) is 0 Å². The fraction of sp³-hybridized carbons (Fsp3) is 0.385. The van der Waals surface area contributed by atoms with Crippen LogP contribution in [0.25, 0.3) is 0 Å². The van der Waals surface area contributed by atoms with E-state index in [0.717, 1.165) is 6.54 Å². The Bertz CT molecular complexity index is 253. The second kappa shape index (κ2) is 6.39. The first-order chi connectivity index (χ1) is 6.88. The molecule has 0 radical (unpaired) electrons. The van der Waals surface area contributed by atoms with Crippen molar-refractivity contribution in [1.29, 1.82) is 0 Å². The van der Waals surface area contributed by atoms with Crippen LogP contribution in [0.3, 0.4) is 0 Å². The minimum absolute atomic E-state index is 0.471. The molecule has 14 heavy (non-hydrogen) atoms. The zero-order valence-electron chi connectivity index (χ0n) is 8.87. The molecule has 1 aromatic carbocycles. The van der Waals surface area contributed by atoms with Crippen molar-refractivity contribution in [3.8, 4) is 0 Å². The molecule has 0 heterocycles. The third kappa shape index (κ3) is 3.35. The highest BCUT2D eigenvalue weighted by atomic mass is 14.9. The SMILES string of the molecule is C=CCNC(CCC)c1ccccc1. The van der Waals surface area contributed by atoms with E-state index in [2.05, 4.69) is 49.2 Å². The van der Waals surface area contributed by atoms with E-state index >= 15 is 0 Å². The van der Waals surface area contributed by atoms with Gasteiger partial charge in [0.2, 0.25) is 0 Å². The van der Waals surface area contributed by atoms with Crippen molar-refractivity contribution in [2.75, 3.05) is 6.54 Å². The molecule has 1 heteroatoms. The lowest BCUT2D eigenvalue weighted by Gasteiger charge is -2.17. The maximum Gasteiger partial charge on any atom is 0.0322 e. The average Bonchev–Trinajstić information content (AvgIpc) is 2.25. The Hall–Kier alpha value is -1.08. The van der Waals surface area contributed by atoms with E-state index in [0.29, 0.717) is 6.04 Å². The van der Waals surface area contributed by atoms with Crippen molar-refractivity contribution in [1.82, 2.24) is 5.32 Å². The van der Waals surface area contributed by atoms with E-state index in [-0.39, 0.29) is 0 Å². The summed E-state index contributed by atoms with van der Waals surface area (Å²) in [7, 11) is 0. The lowest BCUT2D eigenvalue weighted by molar-refractivity contribution is 0.521. The van der Waals surface area contributed by atoms with Gasteiger partial charge in [-0.15, -0.1) is 6.58 Å². The number of benzene rings is 1. The predicted molar refractivity (Wildman–Crippen MR) is 62.3 cm³/mol. The summed E-state index contributed by atoms with van der Waals surface area (Å²) in [5.41, 5.74) is 1.37. The molecule has 0 amide bonds. The Morgan fingerprint density at radius 3 is 2.64 bits per heavy atom. The lowest BCUT2D eigenvalue weighted by atomic mass is 10.0. The van der Waals surface area contributed by atoms with Crippen molar-refractivity contribution in [2.24, 2.45) is 0 Å². The fourth-order valence-corrected chi connectivity index (χ4v) is 1.59. The maximum atomic E-state index is 3.72. The molecule has 0 saturated carbocycles. The van der Waals surface area contributed by atoms with Crippen LogP contribution in [0.4, 0.5) is 0 Å². The van der Waals surface area contributed by atoms with Gasteiger partial charge in [-0.05, 0) is 12.0 Å². The van der Waals surface area contributed by atoms with Crippen LogP contribution < -0.4 is 5.32 Å². The Balaban J connectivity index is 2.62. The topological polar surface area (TPSA) is 12.0 Å². The van der Waals surface area contributed by atoms with Gasteiger partial charge in [0.25, 0.3) is 0 Å². The van der Waals surface area contributed by atoms with Crippen molar-refractivity contribution in [2.45, 2.75) is 25.8 Å². The molecule has 0 spiro atoms. The van der Waals surface area contributed by atoms with E-state index in [1.165, 1.54) is 18.4 Å². The van der Waals surface area contributed by atoms with Gasteiger partial charge < -0.3 is 5.32 Å². The molecule has 0 bridgehead atoms. The van der Waals surface area contributed by atoms with E-state index in [4.69, 9.17) is 0 Å². The molecular weight excluding hydrogens is 170 g/mol. The predicted octanol–water partition coefficient (Wildman–Crippen LogP) is 3.30. The van der Waals surface area contributed by atoms with Gasteiger partial charge in [0.15, 0.2) is 0 Å². The Labute approximate surface area is 86.8 Å². The molecule has 1 nitrogen and oxygen atoms in total. The van der Waals surface area contributed by atoms with Gasteiger partial charge in [0.05, 0.1) is 0 Å². The van der Waals surface area contributed by atoms with Crippen LogP contribution >= 0.6 is 0 Å². The van der Waals surface area contributed by atoms with Crippen LogP contribution in [0.15, 0.2) is 43.0 Å². The highest BCUT2D eigenvalue weighted by Gasteiger charge is 2.07. The maximum absolute atomic E-state index is 3.72. The molecule has 0 aliphatic rings. The normalized spacial score (nSPS) is 12.4. The fourth-order valence-electron chi connectivity index (χ4n) is 1.59. The minimum Gasteiger partial charge on any atom is -0.306 e. The average molecular weight is 189 g/mol. The molecule has 0 fully saturated rings.